The van der Waals surface area contributed by atoms with Gasteiger partial charge >= 0.3 is 0 Å². The summed E-state index contributed by atoms with van der Waals surface area (Å²) < 4.78 is 2.40. The van der Waals surface area contributed by atoms with Crippen molar-refractivity contribution in [3.63, 3.8) is 0 Å². The van der Waals surface area contributed by atoms with Crippen molar-refractivity contribution in [1.82, 2.24) is 9.38 Å². The Bertz CT molecular complexity index is 1330. The largest absolute Gasteiger partial charge is 0.296 e. The van der Waals surface area contributed by atoms with Crippen LogP contribution in [0.3, 0.4) is 0 Å². The summed E-state index contributed by atoms with van der Waals surface area (Å²) in [5.41, 5.74) is 12.5. The van der Waals surface area contributed by atoms with Crippen molar-refractivity contribution >= 4 is 22.6 Å². The highest BCUT2D eigenvalue weighted by Gasteiger charge is 2.25. The summed E-state index contributed by atoms with van der Waals surface area (Å²) in [6, 6.07) is 13.1. The minimum Gasteiger partial charge on any atom is -0.296 e. The fraction of sp³-hybridized carbons (Fsp3) is 0.192. The number of hydrogen-bond donors (Lipinski definition) is 0. The van der Waals surface area contributed by atoms with Crippen molar-refractivity contribution in [1.29, 1.82) is 0 Å². The van der Waals surface area contributed by atoms with Crippen LogP contribution in [0.25, 0.3) is 33.8 Å². The minimum atomic E-state index is 1.03. The molecule has 28 heavy (non-hydrogen) atoms. The van der Waals surface area contributed by atoms with Gasteiger partial charge < -0.3 is 0 Å². The van der Waals surface area contributed by atoms with Gasteiger partial charge in [0.25, 0.3) is 0 Å². The molecule has 1 aliphatic rings. The Morgan fingerprint density at radius 2 is 1.86 bits per heavy atom. The molecule has 0 radical (unpaired) electrons. The monoisotopic (exact) mass is 362 g/mol. The molecule has 2 aromatic carbocycles. The van der Waals surface area contributed by atoms with Crippen LogP contribution in [0.15, 0.2) is 42.5 Å². The minimum absolute atomic E-state index is 1.03. The zero-order valence-electron chi connectivity index (χ0n) is 16.5. The van der Waals surface area contributed by atoms with Crippen molar-refractivity contribution < 1.29 is 0 Å². The number of terminal acetylenes is 1. The molecule has 0 unspecified atom stereocenters. The van der Waals surface area contributed by atoms with Crippen LogP contribution in [0.5, 0.6) is 0 Å². The molecule has 0 spiro atoms. The smallest absolute Gasteiger partial charge is 0.141 e. The number of aromatic nitrogens is 2. The first-order valence-electron chi connectivity index (χ1n) is 9.76. The molecular weight excluding hydrogens is 340 g/mol. The predicted octanol–water partition coefficient (Wildman–Crippen LogP) is 5.82. The summed E-state index contributed by atoms with van der Waals surface area (Å²) in [7, 11) is 0. The lowest BCUT2D eigenvalue weighted by atomic mass is 9.87. The van der Waals surface area contributed by atoms with Crippen LogP contribution in [-0.4, -0.2) is 9.38 Å². The van der Waals surface area contributed by atoms with Crippen LogP contribution in [-0.2, 0) is 12.8 Å². The Hall–Kier alpha value is -3.31. The highest BCUT2D eigenvalue weighted by atomic mass is 15.0. The van der Waals surface area contributed by atoms with E-state index in [1.165, 1.54) is 50.0 Å². The van der Waals surface area contributed by atoms with Crippen LogP contribution in [0, 0.1) is 33.1 Å². The predicted molar refractivity (Wildman–Crippen MR) is 118 cm³/mol. The third-order valence-corrected chi connectivity index (χ3v) is 6.11. The molecule has 3 heterocycles. The average Bonchev–Trinajstić information content (AvgIpc) is 3.06. The second kappa shape index (κ2) is 6.11. The van der Waals surface area contributed by atoms with E-state index < -0.39 is 0 Å². The summed E-state index contributed by atoms with van der Waals surface area (Å²) in [5, 5.41) is 1.30. The second-order valence-electron chi connectivity index (χ2n) is 7.64. The second-order valence-corrected chi connectivity index (χ2v) is 7.64. The molecule has 0 N–H and O–H groups in total. The summed E-state index contributed by atoms with van der Waals surface area (Å²) in [6.45, 7) is 6.52. The molecule has 4 aromatic rings. The van der Waals surface area contributed by atoms with E-state index >= 15 is 0 Å². The van der Waals surface area contributed by atoms with Crippen molar-refractivity contribution in [3.05, 3.63) is 76.1 Å². The molecule has 2 heteroatoms. The molecule has 0 fully saturated rings. The van der Waals surface area contributed by atoms with Gasteiger partial charge in [-0.05, 0) is 79.6 Å². The molecule has 0 aliphatic carbocycles. The topological polar surface area (TPSA) is 17.3 Å². The van der Waals surface area contributed by atoms with E-state index in [1.54, 1.807) is 6.08 Å². The van der Waals surface area contributed by atoms with Gasteiger partial charge in [-0.2, -0.15) is 0 Å². The molecular formula is C26H22N2. The fourth-order valence-electron chi connectivity index (χ4n) is 4.77. The number of pyridine rings is 1. The van der Waals surface area contributed by atoms with Crippen LogP contribution in [0.4, 0.5) is 0 Å². The first kappa shape index (κ1) is 16.8. The number of allylic oxidation sites excluding steroid dienone is 1. The van der Waals surface area contributed by atoms with E-state index in [4.69, 9.17) is 11.4 Å². The first-order valence-corrected chi connectivity index (χ1v) is 9.76. The van der Waals surface area contributed by atoms with Gasteiger partial charge in [0.1, 0.15) is 5.65 Å². The SMILES string of the molecule is C#C/C=C\c1c(C)c2nc(C)c3n2c2c(cc(-c4ccccc4)c(C)c12)CC3. The molecule has 0 saturated carbocycles. The maximum absolute atomic E-state index is 5.55. The zero-order chi connectivity index (χ0) is 19.4. The van der Waals surface area contributed by atoms with Gasteiger partial charge in [0.15, 0.2) is 0 Å². The number of benzene rings is 2. The van der Waals surface area contributed by atoms with Crippen LogP contribution in [0.1, 0.15) is 33.6 Å². The van der Waals surface area contributed by atoms with Crippen LogP contribution < -0.4 is 0 Å². The maximum Gasteiger partial charge on any atom is 0.141 e. The van der Waals surface area contributed by atoms with Crippen molar-refractivity contribution in [2.75, 3.05) is 0 Å². The molecule has 0 atom stereocenters. The molecule has 136 valence electrons. The van der Waals surface area contributed by atoms with Gasteiger partial charge in [-0.15, -0.1) is 6.42 Å². The third kappa shape index (κ3) is 2.20. The van der Waals surface area contributed by atoms with Gasteiger partial charge in [-0.25, -0.2) is 4.98 Å². The number of hydrogen-bond acceptors (Lipinski definition) is 1. The summed E-state index contributed by atoms with van der Waals surface area (Å²) in [5.74, 6) is 2.66. The quantitative estimate of drug-likeness (QED) is 0.410. The molecule has 5 rings (SSSR count). The lowest BCUT2D eigenvalue weighted by molar-refractivity contribution is 0.864. The highest BCUT2D eigenvalue weighted by Crippen LogP contribution is 2.40. The van der Waals surface area contributed by atoms with E-state index in [2.05, 4.69) is 73.6 Å². The van der Waals surface area contributed by atoms with Gasteiger partial charge in [-0.1, -0.05) is 36.3 Å². The Balaban J connectivity index is 2.03. The Kier molecular flexibility index (Phi) is 3.67. The zero-order valence-corrected chi connectivity index (χ0v) is 16.5. The lowest BCUT2D eigenvalue weighted by Gasteiger charge is -2.23. The first-order chi connectivity index (χ1) is 13.6. The van der Waals surface area contributed by atoms with Crippen LogP contribution >= 0.6 is 0 Å². The van der Waals surface area contributed by atoms with Gasteiger partial charge in [-0.3, -0.25) is 4.40 Å². The maximum atomic E-state index is 5.55. The fourth-order valence-corrected chi connectivity index (χ4v) is 4.77. The van der Waals surface area contributed by atoms with Crippen molar-refractivity contribution in [2.24, 2.45) is 0 Å². The normalized spacial score (nSPS) is 13.1. The lowest BCUT2D eigenvalue weighted by Crippen LogP contribution is -2.11. The molecule has 0 bridgehead atoms. The third-order valence-electron chi connectivity index (χ3n) is 6.11. The molecule has 0 amide bonds. The van der Waals surface area contributed by atoms with Crippen molar-refractivity contribution in [3.8, 4) is 23.5 Å². The Labute approximate surface area is 165 Å². The summed E-state index contributed by atoms with van der Waals surface area (Å²) >= 11 is 0. The van der Waals surface area contributed by atoms with E-state index in [-0.39, 0.29) is 0 Å². The molecule has 2 aromatic heterocycles. The standard InChI is InChI=1S/C26H22N2/c1-5-6-12-21-17(3)26-27-18(4)23-14-13-20-15-22(19-10-8-7-9-11-19)16(2)24(21)25(20)28(23)26/h1,6-12,15H,13-14H2,2-4H3/b12-6-. The van der Waals surface area contributed by atoms with Gasteiger partial charge in [0, 0.05) is 16.6 Å². The molecule has 0 saturated heterocycles. The summed E-state index contributed by atoms with van der Waals surface area (Å²) in [4.78, 5) is 4.92. The molecule has 1 aliphatic heterocycles. The van der Waals surface area contributed by atoms with Crippen molar-refractivity contribution in [2.45, 2.75) is 33.6 Å². The Morgan fingerprint density at radius 1 is 1.07 bits per heavy atom. The number of imidazole rings is 1. The Morgan fingerprint density at radius 3 is 2.61 bits per heavy atom. The number of aryl methyl sites for hydroxylation is 5. The number of rotatable bonds is 2. The van der Waals surface area contributed by atoms with Gasteiger partial charge in [0.2, 0.25) is 0 Å². The van der Waals surface area contributed by atoms with E-state index in [1.807, 2.05) is 0 Å². The van der Waals surface area contributed by atoms with Gasteiger partial charge in [0.05, 0.1) is 11.2 Å². The van der Waals surface area contributed by atoms with E-state index in [9.17, 15) is 0 Å². The summed E-state index contributed by atoms with van der Waals surface area (Å²) in [6.07, 6.45) is 11.5. The highest BCUT2D eigenvalue weighted by molar-refractivity contribution is 6.01. The van der Waals surface area contributed by atoms with Crippen LogP contribution in [0.2, 0.25) is 0 Å². The molecule has 2 nitrogen and oxygen atoms in total. The van der Waals surface area contributed by atoms with E-state index in [0.717, 1.165) is 24.2 Å². The van der Waals surface area contributed by atoms with E-state index in [0.29, 0.717) is 0 Å². The number of nitrogens with zero attached hydrogens (tertiary/aromatic N) is 2. The average molecular weight is 362 g/mol.